The second-order valence-corrected chi connectivity index (χ2v) is 7.79. The summed E-state index contributed by atoms with van der Waals surface area (Å²) in [6.45, 7) is 9.96. The standard InChI is InChI=1S/C23H26O5/c1-13-8-9-17(21(25)27-6)20(22(26)28-7)19-15(12-24)11-16(23(3,4)5)10-14(2)18(13)19/h8-12H,1-7H3. The van der Waals surface area contributed by atoms with Crippen molar-refractivity contribution >= 4 is 18.2 Å². The summed E-state index contributed by atoms with van der Waals surface area (Å²) in [6, 6.07) is 0. The maximum absolute atomic E-state index is 12.7. The summed E-state index contributed by atoms with van der Waals surface area (Å²) in [6.07, 6.45) is 7.78. The Morgan fingerprint density at radius 1 is 0.929 bits per heavy atom. The van der Waals surface area contributed by atoms with E-state index in [-0.39, 0.29) is 16.6 Å². The Morgan fingerprint density at radius 2 is 1.54 bits per heavy atom. The molecule has 0 spiro atoms. The highest BCUT2D eigenvalue weighted by Crippen LogP contribution is 2.41. The van der Waals surface area contributed by atoms with Gasteiger partial charge in [0, 0.05) is 11.1 Å². The number of esters is 2. The smallest absolute Gasteiger partial charge is 0.339 e. The van der Waals surface area contributed by atoms with Crippen molar-refractivity contribution < 1.29 is 23.9 Å². The summed E-state index contributed by atoms with van der Waals surface area (Å²) in [5, 5.41) is 0. The van der Waals surface area contributed by atoms with E-state index in [1.165, 1.54) is 20.3 Å². The minimum Gasteiger partial charge on any atom is -0.465 e. The highest BCUT2D eigenvalue weighted by molar-refractivity contribution is 6.11. The van der Waals surface area contributed by atoms with Crippen LogP contribution in [-0.4, -0.2) is 32.4 Å². The van der Waals surface area contributed by atoms with Gasteiger partial charge in [-0.05, 0) is 53.7 Å². The number of fused-ring (bicyclic) bond motifs is 1. The van der Waals surface area contributed by atoms with Gasteiger partial charge in [0.1, 0.15) is 0 Å². The normalized spacial score (nSPS) is 17.4. The van der Waals surface area contributed by atoms with Gasteiger partial charge in [-0.2, -0.15) is 0 Å². The lowest BCUT2D eigenvalue weighted by Gasteiger charge is -2.20. The van der Waals surface area contributed by atoms with E-state index in [0.29, 0.717) is 17.4 Å². The first kappa shape index (κ1) is 21.4. The summed E-state index contributed by atoms with van der Waals surface area (Å²) in [7, 11) is 2.49. The van der Waals surface area contributed by atoms with Crippen LogP contribution in [0.15, 0.2) is 68.9 Å². The van der Waals surface area contributed by atoms with E-state index in [4.69, 9.17) is 9.47 Å². The Kier molecular flexibility index (Phi) is 6.07. The maximum Gasteiger partial charge on any atom is 0.339 e. The van der Waals surface area contributed by atoms with Crippen LogP contribution in [0, 0.1) is 5.41 Å². The molecule has 0 saturated carbocycles. The molecule has 0 bridgehead atoms. The van der Waals surface area contributed by atoms with Crippen LogP contribution in [0.1, 0.15) is 34.6 Å². The van der Waals surface area contributed by atoms with Crippen LogP contribution in [0.2, 0.25) is 0 Å². The van der Waals surface area contributed by atoms with E-state index in [2.05, 4.69) is 20.8 Å². The molecule has 148 valence electrons. The van der Waals surface area contributed by atoms with Crippen molar-refractivity contribution in [1.29, 1.82) is 0 Å². The Morgan fingerprint density at radius 3 is 2.04 bits per heavy atom. The average molecular weight is 382 g/mol. The SMILES string of the molecule is COC(=O)C1=CC=C(C)C2=C(C)C=C(C(C)(C)C)C=C(C=O)C2=C1C(=O)OC. The number of hydrogen-bond donors (Lipinski definition) is 0. The van der Waals surface area contributed by atoms with Crippen LogP contribution in [0.5, 0.6) is 0 Å². The summed E-state index contributed by atoms with van der Waals surface area (Å²) in [4.78, 5) is 37.3. The Hall–Kier alpha value is -2.95. The molecule has 2 aliphatic carbocycles. The van der Waals surface area contributed by atoms with Crippen LogP contribution in [0.3, 0.4) is 0 Å². The summed E-state index contributed by atoms with van der Waals surface area (Å²) in [5.41, 5.74) is 3.96. The van der Waals surface area contributed by atoms with Crippen molar-refractivity contribution in [3.63, 3.8) is 0 Å². The number of hydrogen-bond acceptors (Lipinski definition) is 5. The molecule has 0 radical (unpaired) electrons. The number of rotatable bonds is 3. The predicted molar refractivity (Wildman–Crippen MR) is 107 cm³/mol. The minimum absolute atomic E-state index is 0.0266. The number of allylic oxidation sites excluding steroid dienone is 10. The van der Waals surface area contributed by atoms with Crippen LogP contribution in [0.25, 0.3) is 0 Å². The van der Waals surface area contributed by atoms with E-state index < -0.39 is 11.9 Å². The highest BCUT2D eigenvalue weighted by atomic mass is 16.5. The van der Waals surface area contributed by atoms with E-state index in [1.54, 1.807) is 12.2 Å². The molecule has 0 N–H and O–H groups in total. The molecule has 0 atom stereocenters. The van der Waals surface area contributed by atoms with Gasteiger partial charge in [0.2, 0.25) is 0 Å². The molecular formula is C23H26O5. The summed E-state index contributed by atoms with van der Waals surface area (Å²) >= 11 is 0. The Bertz CT molecular complexity index is 925. The first-order valence-electron chi connectivity index (χ1n) is 8.97. The monoisotopic (exact) mass is 382 g/mol. The van der Waals surface area contributed by atoms with E-state index in [9.17, 15) is 14.4 Å². The maximum atomic E-state index is 12.7. The van der Waals surface area contributed by atoms with Crippen LogP contribution in [-0.2, 0) is 23.9 Å². The molecule has 0 heterocycles. The summed E-state index contributed by atoms with van der Waals surface area (Å²) < 4.78 is 9.84. The molecule has 0 fully saturated rings. The Labute approximate surface area is 165 Å². The van der Waals surface area contributed by atoms with Gasteiger partial charge < -0.3 is 9.47 Å². The third-order valence-corrected chi connectivity index (χ3v) is 4.82. The molecule has 0 amide bonds. The average Bonchev–Trinajstić information content (AvgIpc) is 2.88. The van der Waals surface area contributed by atoms with Gasteiger partial charge >= 0.3 is 11.9 Å². The topological polar surface area (TPSA) is 69.7 Å². The van der Waals surface area contributed by atoms with E-state index in [0.717, 1.165) is 22.3 Å². The predicted octanol–water partition coefficient (Wildman–Crippen LogP) is 3.94. The lowest BCUT2D eigenvalue weighted by atomic mass is 9.84. The van der Waals surface area contributed by atoms with Gasteiger partial charge in [-0.15, -0.1) is 0 Å². The van der Waals surface area contributed by atoms with Crippen LogP contribution in [0.4, 0.5) is 0 Å². The lowest BCUT2D eigenvalue weighted by molar-refractivity contribution is -0.139. The summed E-state index contributed by atoms with van der Waals surface area (Å²) in [5.74, 6) is -1.37. The first-order valence-corrected chi connectivity index (χ1v) is 8.97. The van der Waals surface area contributed by atoms with Crippen molar-refractivity contribution in [3.8, 4) is 0 Å². The molecule has 2 rings (SSSR count). The third kappa shape index (κ3) is 3.84. The van der Waals surface area contributed by atoms with Crippen LogP contribution >= 0.6 is 0 Å². The van der Waals surface area contributed by atoms with Gasteiger partial charge in [-0.25, -0.2) is 9.59 Å². The van der Waals surface area contributed by atoms with Crippen LogP contribution < -0.4 is 0 Å². The number of carbonyl (C=O) groups is 3. The van der Waals surface area contributed by atoms with Gasteiger partial charge in [0.15, 0.2) is 6.29 Å². The number of ether oxygens (including phenoxy) is 2. The molecule has 0 unspecified atom stereocenters. The number of methoxy groups -OCH3 is 2. The fourth-order valence-corrected chi connectivity index (χ4v) is 3.34. The molecule has 5 nitrogen and oxygen atoms in total. The fourth-order valence-electron chi connectivity index (χ4n) is 3.34. The molecule has 2 aliphatic rings. The van der Waals surface area contributed by atoms with Crippen molar-refractivity contribution in [2.75, 3.05) is 14.2 Å². The molecule has 0 aromatic heterocycles. The Balaban J connectivity index is 3.04. The third-order valence-electron chi connectivity index (χ3n) is 4.82. The number of aldehydes is 1. The van der Waals surface area contributed by atoms with Gasteiger partial charge in [-0.1, -0.05) is 32.9 Å². The second kappa shape index (κ2) is 7.97. The molecule has 0 aromatic rings. The molecule has 28 heavy (non-hydrogen) atoms. The van der Waals surface area contributed by atoms with Gasteiger partial charge in [0.05, 0.1) is 25.4 Å². The van der Waals surface area contributed by atoms with Crippen molar-refractivity contribution in [1.82, 2.24) is 0 Å². The van der Waals surface area contributed by atoms with E-state index >= 15 is 0 Å². The molecular weight excluding hydrogens is 356 g/mol. The minimum atomic E-state index is -0.702. The fraction of sp³-hybridized carbons (Fsp3) is 0.348. The zero-order valence-corrected chi connectivity index (χ0v) is 17.4. The van der Waals surface area contributed by atoms with Crippen molar-refractivity contribution in [2.24, 2.45) is 5.41 Å². The van der Waals surface area contributed by atoms with Gasteiger partial charge in [-0.3, -0.25) is 4.79 Å². The zero-order chi connectivity index (χ0) is 21.2. The van der Waals surface area contributed by atoms with E-state index in [1.807, 2.05) is 19.9 Å². The highest BCUT2D eigenvalue weighted by Gasteiger charge is 2.33. The van der Waals surface area contributed by atoms with Crippen molar-refractivity contribution in [2.45, 2.75) is 34.6 Å². The number of carbonyl (C=O) groups excluding carboxylic acids is 3. The molecule has 0 saturated heterocycles. The molecule has 0 aliphatic heterocycles. The first-order chi connectivity index (χ1) is 13.1. The lowest BCUT2D eigenvalue weighted by Crippen LogP contribution is -2.18. The van der Waals surface area contributed by atoms with Crippen molar-refractivity contribution in [3.05, 3.63) is 68.9 Å². The second-order valence-electron chi connectivity index (χ2n) is 7.79. The molecule has 0 aromatic carbocycles. The largest absolute Gasteiger partial charge is 0.465 e. The zero-order valence-electron chi connectivity index (χ0n) is 17.4. The van der Waals surface area contributed by atoms with Gasteiger partial charge in [0.25, 0.3) is 0 Å². The molecule has 5 heteroatoms. The quantitative estimate of drug-likeness (QED) is 0.546.